The minimum absolute atomic E-state index is 0.0338. The average molecular weight is 585 g/mol. The molecule has 2 atom stereocenters. The summed E-state index contributed by atoms with van der Waals surface area (Å²) in [6.45, 7) is 9.79. The molecule has 38 heavy (non-hydrogen) atoms. The Morgan fingerprint density at radius 2 is 1.71 bits per heavy atom. The molecule has 210 valence electrons. The maximum Gasteiger partial charge on any atom is 0.243 e. The van der Waals surface area contributed by atoms with Gasteiger partial charge in [0.2, 0.25) is 21.8 Å². The zero-order valence-electron chi connectivity index (χ0n) is 23.1. The number of hydrogen-bond donors (Lipinski definition) is 1. The van der Waals surface area contributed by atoms with Gasteiger partial charge in [0, 0.05) is 35.6 Å². The summed E-state index contributed by atoms with van der Waals surface area (Å²) < 4.78 is 26.6. The van der Waals surface area contributed by atoms with Crippen LogP contribution in [0.5, 0.6) is 0 Å². The third-order valence-corrected chi connectivity index (χ3v) is 8.30. The number of amides is 2. The van der Waals surface area contributed by atoms with Crippen LogP contribution in [-0.4, -0.2) is 50.0 Å². The van der Waals surface area contributed by atoms with Crippen molar-refractivity contribution in [3.8, 4) is 0 Å². The van der Waals surface area contributed by atoms with Crippen LogP contribution in [0.2, 0.25) is 10.0 Å². The third-order valence-electron chi connectivity index (χ3n) is 6.53. The third kappa shape index (κ3) is 8.89. The fourth-order valence-corrected chi connectivity index (χ4v) is 5.65. The molecular weight excluding hydrogens is 545 g/mol. The normalized spacial score (nSPS) is 13.1. The monoisotopic (exact) mass is 583 g/mol. The number of nitrogens with zero attached hydrogens (tertiary/aromatic N) is 2. The highest BCUT2D eigenvalue weighted by Gasteiger charge is 2.30. The number of halogens is 2. The lowest BCUT2D eigenvalue weighted by atomic mass is 10.1. The second-order valence-electron chi connectivity index (χ2n) is 9.73. The molecule has 2 aromatic rings. The van der Waals surface area contributed by atoms with Crippen LogP contribution in [0.4, 0.5) is 5.69 Å². The van der Waals surface area contributed by atoms with Crippen LogP contribution < -0.4 is 9.62 Å². The van der Waals surface area contributed by atoms with Gasteiger partial charge in [-0.15, -0.1) is 0 Å². The number of aryl methyl sites for hydroxylation is 2. The van der Waals surface area contributed by atoms with Gasteiger partial charge in [-0.25, -0.2) is 8.42 Å². The van der Waals surface area contributed by atoms with Gasteiger partial charge >= 0.3 is 0 Å². The fourth-order valence-electron chi connectivity index (χ4n) is 4.16. The molecule has 10 heteroatoms. The van der Waals surface area contributed by atoms with Gasteiger partial charge < -0.3 is 10.2 Å². The molecule has 0 aliphatic rings. The van der Waals surface area contributed by atoms with Crippen molar-refractivity contribution in [2.75, 3.05) is 17.1 Å². The Balaban J connectivity index is 2.30. The smallest absolute Gasteiger partial charge is 0.243 e. The van der Waals surface area contributed by atoms with E-state index in [0.717, 1.165) is 23.8 Å². The molecular formula is C28H39Cl2N3O4S. The molecule has 0 saturated carbocycles. The first kappa shape index (κ1) is 31.9. The molecule has 0 unspecified atom stereocenters. The number of anilines is 1. The summed E-state index contributed by atoms with van der Waals surface area (Å²) >= 11 is 12.5. The zero-order valence-corrected chi connectivity index (χ0v) is 25.4. The summed E-state index contributed by atoms with van der Waals surface area (Å²) in [7, 11) is -3.57. The van der Waals surface area contributed by atoms with Crippen LogP contribution in [0, 0.1) is 13.8 Å². The quantitative estimate of drug-likeness (QED) is 0.319. The van der Waals surface area contributed by atoms with E-state index in [1.165, 1.54) is 9.21 Å². The lowest BCUT2D eigenvalue weighted by Crippen LogP contribution is -2.50. The number of benzene rings is 2. The Morgan fingerprint density at radius 3 is 2.29 bits per heavy atom. The van der Waals surface area contributed by atoms with Gasteiger partial charge in [0.15, 0.2) is 0 Å². The summed E-state index contributed by atoms with van der Waals surface area (Å²) in [4.78, 5) is 28.3. The highest BCUT2D eigenvalue weighted by Crippen LogP contribution is 2.26. The molecule has 0 bridgehead atoms. The van der Waals surface area contributed by atoms with Gasteiger partial charge in [0.05, 0.1) is 11.9 Å². The second-order valence-corrected chi connectivity index (χ2v) is 12.5. The average Bonchev–Trinajstić information content (AvgIpc) is 2.83. The van der Waals surface area contributed by atoms with E-state index in [0.29, 0.717) is 27.7 Å². The summed E-state index contributed by atoms with van der Waals surface area (Å²) in [5, 5.41) is 3.86. The fraction of sp³-hybridized carbons (Fsp3) is 0.500. The van der Waals surface area contributed by atoms with Crippen LogP contribution in [0.25, 0.3) is 0 Å². The molecule has 0 aromatic heterocycles. The van der Waals surface area contributed by atoms with E-state index in [-0.39, 0.29) is 43.8 Å². The van der Waals surface area contributed by atoms with Gasteiger partial charge in [0.1, 0.15) is 6.04 Å². The summed E-state index contributed by atoms with van der Waals surface area (Å²) in [6.07, 6.45) is 2.69. The molecule has 2 amide bonds. The van der Waals surface area contributed by atoms with Crippen LogP contribution >= 0.6 is 23.2 Å². The van der Waals surface area contributed by atoms with Crippen molar-refractivity contribution in [3.63, 3.8) is 0 Å². The molecule has 0 aliphatic heterocycles. The maximum atomic E-state index is 13.6. The summed E-state index contributed by atoms with van der Waals surface area (Å²) in [6, 6.07) is 9.96. The van der Waals surface area contributed by atoms with Crippen molar-refractivity contribution in [2.45, 2.75) is 78.9 Å². The van der Waals surface area contributed by atoms with E-state index in [2.05, 4.69) is 5.32 Å². The van der Waals surface area contributed by atoms with E-state index < -0.39 is 16.1 Å². The Bertz CT molecular complexity index is 1240. The van der Waals surface area contributed by atoms with Crippen molar-refractivity contribution < 1.29 is 18.0 Å². The molecule has 0 aliphatic carbocycles. The van der Waals surface area contributed by atoms with E-state index in [9.17, 15) is 18.0 Å². The molecule has 0 spiro atoms. The van der Waals surface area contributed by atoms with Crippen molar-refractivity contribution >= 4 is 50.7 Å². The predicted molar refractivity (Wildman–Crippen MR) is 156 cm³/mol. The van der Waals surface area contributed by atoms with Gasteiger partial charge in [-0.3, -0.25) is 13.9 Å². The molecule has 1 N–H and O–H groups in total. The number of carbonyl (C=O) groups excluding carboxylic acids is 2. The van der Waals surface area contributed by atoms with Crippen LogP contribution in [0.3, 0.4) is 0 Å². The van der Waals surface area contributed by atoms with Crippen molar-refractivity contribution in [1.29, 1.82) is 0 Å². The first-order valence-electron chi connectivity index (χ1n) is 12.9. The van der Waals surface area contributed by atoms with Crippen molar-refractivity contribution in [2.24, 2.45) is 0 Å². The van der Waals surface area contributed by atoms with Crippen molar-refractivity contribution in [3.05, 3.63) is 63.1 Å². The van der Waals surface area contributed by atoms with Crippen LogP contribution in [-0.2, 0) is 26.2 Å². The van der Waals surface area contributed by atoms with Crippen LogP contribution in [0.15, 0.2) is 36.4 Å². The lowest BCUT2D eigenvalue weighted by Gasteiger charge is -2.32. The van der Waals surface area contributed by atoms with E-state index >= 15 is 0 Å². The van der Waals surface area contributed by atoms with Gasteiger partial charge in [-0.05, 0) is 74.9 Å². The standard InChI is InChI=1S/C28H39Cl2N3O4S/c1-7-21(5)31-28(35)25(8-2)32(18-22-13-14-23(29)17-24(22)30)27(34)10-9-15-33(38(6,36)37)26-16-19(3)11-12-20(26)4/h11-14,16-17,21,25H,7-10,15,18H2,1-6H3,(H,31,35)/t21-,25+/m1/s1. The molecule has 7 nitrogen and oxygen atoms in total. The number of hydrogen-bond acceptors (Lipinski definition) is 4. The summed E-state index contributed by atoms with van der Waals surface area (Å²) in [5.74, 6) is -0.481. The molecule has 0 saturated heterocycles. The van der Waals surface area contributed by atoms with Gasteiger partial charge in [0.25, 0.3) is 0 Å². The Morgan fingerprint density at radius 1 is 1.03 bits per heavy atom. The Hall–Kier alpha value is -2.29. The minimum Gasteiger partial charge on any atom is -0.352 e. The van der Waals surface area contributed by atoms with Crippen LogP contribution in [0.1, 0.15) is 63.1 Å². The second kappa shape index (κ2) is 14.2. The van der Waals surface area contributed by atoms with E-state index in [4.69, 9.17) is 23.2 Å². The number of carbonyl (C=O) groups is 2. The molecule has 0 heterocycles. The minimum atomic E-state index is -3.57. The highest BCUT2D eigenvalue weighted by molar-refractivity contribution is 7.92. The molecule has 2 aromatic carbocycles. The molecule has 0 radical (unpaired) electrons. The molecule has 0 fully saturated rings. The highest BCUT2D eigenvalue weighted by atomic mass is 35.5. The zero-order chi connectivity index (χ0) is 28.6. The Labute approximate surface area is 237 Å². The van der Waals surface area contributed by atoms with E-state index in [1.54, 1.807) is 18.2 Å². The van der Waals surface area contributed by atoms with Crippen molar-refractivity contribution in [1.82, 2.24) is 10.2 Å². The Kier molecular flexibility index (Phi) is 11.9. The predicted octanol–water partition coefficient (Wildman–Crippen LogP) is 5.88. The summed E-state index contributed by atoms with van der Waals surface area (Å²) in [5.41, 5.74) is 3.05. The number of rotatable bonds is 13. The van der Waals surface area contributed by atoms with Gasteiger partial charge in [-0.1, -0.05) is 55.2 Å². The number of sulfonamides is 1. The first-order chi connectivity index (χ1) is 17.8. The SMILES string of the molecule is CC[C@@H](C)NC(=O)[C@H](CC)N(Cc1ccc(Cl)cc1Cl)C(=O)CCCN(c1cc(C)ccc1C)S(C)(=O)=O. The maximum absolute atomic E-state index is 13.6. The van der Waals surface area contributed by atoms with E-state index in [1.807, 2.05) is 52.8 Å². The number of nitrogens with one attached hydrogen (secondary N) is 1. The first-order valence-corrected chi connectivity index (χ1v) is 15.5. The lowest BCUT2D eigenvalue weighted by molar-refractivity contribution is -0.141. The largest absolute Gasteiger partial charge is 0.352 e. The molecule has 2 rings (SSSR count). The topological polar surface area (TPSA) is 86.8 Å². The van der Waals surface area contributed by atoms with Gasteiger partial charge in [-0.2, -0.15) is 0 Å².